The third-order valence-corrected chi connectivity index (χ3v) is 3.22. The van der Waals surface area contributed by atoms with Crippen molar-refractivity contribution in [2.45, 2.75) is 0 Å². The van der Waals surface area contributed by atoms with Crippen LogP contribution in [0, 0.1) is 4.91 Å². The molecule has 0 atom stereocenters. The Morgan fingerprint density at radius 1 is 1.25 bits per heavy atom. The summed E-state index contributed by atoms with van der Waals surface area (Å²) in [5.74, 6) is 0.359. The highest BCUT2D eigenvalue weighted by atomic mass is 32.1. The summed E-state index contributed by atoms with van der Waals surface area (Å²) < 4.78 is 1.70. The second kappa shape index (κ2) is 3.53. The number of nitrogens with zero attached hydrogens (tertiary/aromatic N) is 3. The van der Waals surface area contributed by atoms with Crippen LogP contribution in [0.15, 0.2) is 47.1 Å². The molecule has 3 aromatic heterocycles. The number of hydrogen-bond donors (Lipinski definition) is 0. The summed E-state index contributed by atoms with van der Waals surface area (Å²) in [7, 11) is 0. The van der Waals surface area contributed by atoms with E-state index in [1.165, 1.54) is 0 Å². The minimum Gasteiger partial charge on any atom is -0.281 e. The molecule has 16 heavy (non-hydrogen) atoms. The molecule has 0 aliphatic rings. The normalized spacial score (nSPS) is 10.8. The average molecular weight is 229 g/mol. The fraction of sp³-hybridized carbons (Fsp3) is 0. The Bertz CT molecular complexity index is 642. The summed E-state index contributed by atoms with van der Waals surface area (Å²) in [6.45, 7) is 0. The number of nitroso groups, excluding NO2 is 1. The van der Waals surface area contributed by atoms with E-state index in [0.717, 1.165) is 10.5 Å². The van der Waals surface area contributed by atoms with E-state index >= 15 is 0 Å². The third kappa shape index (κ3) is 1.25. The van der Waals surface area contributed by atoms with Gasteiger partial charge in [0, 0.05) is 6.20 Å². The number of aromatic nitrogens is 2. The lowest BCUT2D eigenvalue weighted by Crippen LogP contribution is -1.80. The summed E-state index contributed by atoms with van der Waals surface area (Å²) in [5, 5.41) is 5.02. The van der Waals surface area contributed by atoms with Gasteiger partial charge in [0.05, 0.1) is 4.88 Å². The molecule has 0 fully saturated rings. The summed E-state index contributed by atoms with van der Waals surface area (Å²) in [4.78, 5) is 16.3. The van der Waals surface area contributed by atoms with Crippen molar-refractivity contribution in [3.05, 3.63) is 46.8 Å². The topological polar surface area (TPSA) is 46.7 Å². The van der Waals surface area contributed by atoms with E-state index < -0.39 is 0 Å². The van der Waals surface area contributed by atoms with E-state index in [4.69, 9.17) is 0 Å². The third-order valence-electron chi connectivity index (χ3n) is 2.35. The Kier molecular flexibility index (Phi) is 2.04. The van der Waals surface area contributed by atoms with Crippen molar-refractivity contribution >= 4 is 22.8 Å². The van der Waals surface area contributed by atoms with Gasteiger partial charge in [-0.1, -0.05) is 12.1 Å². The number of fused-ring (bicyclic) bond motifs is 1. The molecule has 5 heteroatoms. The van der Waals surface area contributed by atoms with Crippen LogP contribution in [-0.2, 0) is 0 Å². The zero-order valence-corrected chi connectivity index (χ0v) is 9.02. The van der Waals surface area contributed by atoms with Gasteiger partial charge in [0.25, 0.3) is 0 Å². The molecule has 0 aromatic carbocycles. The molecule has 3 heterocycles. The zero-order valence-electron chi connectivity index (χ0n) is 8.20. The molecule has 0 aliphatic heterocycles. The van der Waals surface area contributed by atoms with Crippen molar-refractivity contribution in [3.63, 3.8) is 0 Å². The van der Waals surface area contributed by atoms with Gasteiger partial charge >= 0.3 is 0 Å². The summed E-state index contributed by atoms with van der Waals surface area (Å²) in [5.41, 5.74) is 1.39. The molecule has 0 aliphatic carbocycles. The molecule has 4 nitrogen and oxygen atoms in total. The maximum Gasteiger partial charge on any atom is 0.210 e. The molecule has 0 bridgehead atoms. The number of imidazole rings is 1. The van der Waals surface area contributed by atoms with Gasteiger partial charge in [-0.2, -0.15) is 0 Å². The minimum atomic E-state index is 0.359. The van der Waals surface area contributed by atoms with Gasteiger partial charge in [-0.15, -0.1) is 16.2 Å². The van der Waals surface area contributed by atoms with Crippen molar-refractivity contribution in [1.82, 2.24) is 9.38 Å². The maximum atomic E-state index is 10.9. The zero-order chi connectivity index (χ0) is 11.0. The van der Waals surface area contributed by atoms with Crippen LogP contribution in [0.2, 0.25) is 0 Å². The van der Waals surface area contributed by atoms with E-state index in [9.17, 15) is 4.91 Å². The second-order valence-corrected chi connectivity index (χ2v) is 4.23. The number of pyridine rings is 1. The van der Waals surface area contributed by atoms with Crippen LogP contribution in [0.3, 0.4) is 0 Å². The van der Waals surface area contributed by atoms with Crippen molar-refractivity contribution in [1.29, 1.82) is 0 Å². The number of hydrogen-bond acceptors (Lipinski definition) is 4. The lowest BCUT2D eigenvalue weighted by atomic mass is 10.3. The van der Waals surface area contributed by atoms with Crippen LogP contribution in [0.1, 0.15) is 0 Å². The van der Waals surface area contributed by atoms with E-state index in [1.807, 2.05) is 35.7 Å². The van der Waals surface area contributed by atoms with Crippen molar-refractivity contribution < 1.29 is 0 Å². The molecule has 0 spiro atoms. The Hall–Kier alpha value is -2.01. The van der Waals surface area contributed by atoms with Crippen molar-refractivity contribution in [2.24, 2.45) is 5.18 Å². The fourth-order valence-corrected chi connectivity index (χ4v) is 2.36. The number of rotatable bonds is 2. The summed E-state index contributed by atoms with van der Waals surface area (Å²) in [6, 6.07) is 9.45. The lowest BCUT2D eigenvalue weighted by molar-refractivity contribution is 1.16. The minimum absolute atomic E-state index is 0.359. The van der Waals surface area contributed by atoms with E-state index in [0.29, 0.717) is 11.5 Å². The fourth-order valence-electron chi connectivity index (χ4n) is 1.65. The molecule has 0 saturated heterocycles. The largest absolute Gasteiger partial charge is 0.281 e. The Labute approximate surface area is 95.2 Å². The first-order chi connectivity index (χ1) is 7.90. The van der Waals surface area contributed by atoms with Gasteiger partial charge in [-0.3, -0.25) is 4.40 Å². The molecule has 0 unspecified atom stereocenters. The molecule has 78 valence electrons. The molecular formula is C11H7N3OS. The van der Waals surface area contributed by atoms with Gasteiger partial charge in [-0.05, 0) is 28.8 Å². The second-order valence-electron chi connectivity index (χ2n) is 3.28. The Balaban J connectivity index is 2.37. The SMILES string of the molecule is O=Nc1c(-c2cccs2)nc2ccccn12. The van der Waals surface area contributed by atoms with Gasteiger partial charge < -0.3 is 0 Å². The van der Waals surface area contributed by atoms with Gasteiger partial charge in [0.2, 0.25) is 5.82 Å². The van der Waals surface area contributed by atoms with E-state index in [2.05, 4.69) is 10.2 Å². The smallest absolute Gasteiger partial charge is 0.210 e. The Morgan fingerprint density at radius 2 is 2.19 bits per heavy atom. The van der Waals surface area contributed by atoms with Crippen LogP contribution in [-0.4, -0.2) is 9.38 Å². The first-order valence-corrected chi connectivity index (χ1v) is 5.62. The molecule has 0 amide bonds. The molecule has 0 N–H and O–H groups in total. The van der Waals surface area contributed by atoms with Crippen molar-refractivity contribution in [2.75, 3.05) is 0 Å². The predicted molar refractivity (Wildman–Crippen MR) is 64.0 cm³/mol. The maximum absolute atomic E-state index is 10.9. The van der Waals surface area contributed by atoms with Crippen molar-refractivity contribution in [3.8, 4) is 10.6 Å². The van der Waals surface area contributed by atoms with Crippen LogP contribution in [0.25, 0.3) is 16.2 Å². The van der Waals surface area contributed by atoms with Crippen LogP contribution in [0.4, 0.5) is 5.82 Å². The van der Waals surface area contributed by atoms with Crippen LogP contribution in [0.5, 0.6) is 0 Å². The van der Waals surface area contributed by atoms with Crippen LogP contribution >= 0.6 is 11.3 Å². The monoisotopic (exact) mass is 229 g/mol. The lowest BCUT2D eigenvalue weighted by Gasteiger charge is -1.92. The number of thiophene rings is 1. The Morgan fingerprint density at radius 3 is 2.94 bits per heavy atom. The molecule has 3 rings (SSSR count). The molecule has 3 aromatic rings. The highest BCUT2D eigenvalue weighted by Gasteiger charge is 2.14. The average Bonchev–Trinajstić information content (AvgIpc) is 2.95. The van der Waals surface area contributed by atoms with E-state index in [1.54, 1.807) is 21.9 Å². The highest BCUT2D eigenvalue weighted by Crippen LogP contribution is 2.33. The summed E-state index contributed by atoms with van der Waals surface area (Å²) >= 11 is 1.55. The predicted octanol–water partition coefficient (Wildman–Crippen LogP) is 3.46. The first-order valence-electron chi connectivity index (χ1n) is 4.74. The summed E-state index contributed by atoms with van der Waals surface area (Å²) in [6.07, 6.45) is 1.79. The van der Waals surface area contributed by atoms with E-state index in [-0.39, 0.29) is 0 Å². The van der Waals surface area contributed by atoms with Gasteiger partial charge in [0.15, 0.2) is 0 Å². The first kappa shape index (κ1) is 9.23. The quantitative estimate of drug-likeness (QED) is 0.632. The molecule has 0 saturated carbocycles. The molecular weight excluding hydrogens is 222 g/mol. The molecule has 0 radical (unpaired) electrons. The van der Waals surface area contributed by atoms with Crippen LogP contribution < -0.4 is 0 Å². The highest BCUT2D eigenvalue weighted by molar-refractivity contribution is 7.13. The van der Waals surface area contributed by atoms with Gasteiger partial charge in [0.1, 0.15) is 11.3 Å². The van der Waals surface area contributed by atoms with Gasteiger partial charge in [-0.25, -0.2) is 4.98 Å². The standard InChI is InChI=1S/C11H7N3OS/c15-13-11-10(8-4-3-7-16-8)12-9-5-1-2-6-14(9)11/h1-7H.